The van der Waals surface area contributed by atoms with Gasteiger partial charge >= 0.3 is 5.97 Å². The van der Waals surface area contributed by atoms with Gasteiger partial charge in [0.25, 0.3) is 0 Å². The Hall–Kier alpha value is -2.24. The van der Waals surface area contributed by atoms with Crippen molar-refractivity contribution >= 4 is 23.0 Å². The van der Waals surface area contributed by atoms with Crippen LogP contribution in [-0.4, -0.2) is 31.8 Å². The van der Waals surface area contributed by atoms with Crippen LogP contribution in [0.5, 0.6) is 0 Å². The lowest BCUT2D eigenvalue weighted by molar-refractivity contribution is -0.138. The summed E-state index contributed by atoms with van der Waals surface area (Å²) in [6.07, 6.45) is 1.19. The largest absolute Gasteiger partial charge is 0.480 e. The lowest BCUT2D eigenvalue weighted by Gasteiger charge is -2.11. The van der Waals surface area contributed by atoms with Crippen LogP contribution in [0.25, 0.3) is 11.0 Å². The summed E-state index contributed by atoms with van der Waals surface area (Å²) in [4.78, 5) is 15.2. The monoisotopic (exact) mass is 230 g/mol. The molecule has 1 aliphatic carbocycles. The third-order valence-electron chi connectivity index (χ3n) is 2.87. The zero-order valence-electron chi connectivity index (χ0n) is 8.92. The second-order valence-electron chi connectivity index (χ2n) is 4.14. The van der Waals surface area contributed by atoms with Crippen molar-refractivity contribution in [3.63, 3.8) is 0 Å². The van der Waals surface area contributed by atoms with Crippen molar-refractivity contribution in [3.05, 3.63) is 24.3 Å². The molecular weight excluding hydrogens is 220 g/mol. The zero-order chi connectivity index (χ0) is 11.9. The minimum absolute atomic E-state index is 0.267. The van der Waals surface area contributed by atoms with Gasteiger partial charge in [-0.1, -0.05) is 12.1 Å². The van der Waals surface area contributed by atoms with Gasteiger partial charge in [0.05, 0.1) is 5.52 Å². The summed E-state index contributed by atoms with van der Waals surface area (Å²) >= 11 is 0. The molecule has 1 aliphatic rings. The van der Waals surface area contributed by atoms with E-state index >= 15 is 0 Å². The van der Waals surface area contributed by atoms with E-state index in [4.69, 9.17) is 5.11 Å². The van der Waals surface area contributed by atoms with E-state index in [9.17, 15) is 4.79 Å². The molecule has 1 saturated carbocycles. The first kappa shape index (κ1) is 9.95. The van der Waals surface area contributed by atoms with Crippen LogP contribution < -0.4 is 5.32 Å². The molecule has 1 aromatic carbocycles. The minimum Gasteiger partial charge on any atom is -0.480 e. The topological polar surface area (TPSA) is 88.0 Å². The van der Waals surface area contributed by atoms with Crippen LogP contribution in [0.3, 0.4) is 0 Å². The van der Waals surface area contributed by atoms with Gasteiger partial charge in [-0.15, -0.1) is 10.2 Å². The normalized spacial score (nSPS) is 16.7. The number of anilines is 1. The number of carbonyl (C=O) groups is 1. The summed E-state index contributed by atoms with van der Waals surface area (Å²) in [6, 6.07) is 7.33. The number of carboxylic acid groups (broad SMARTS) is 1. The average molecular weight is 230 g/mol. The molecule has 17 heavy (non-hydrogen) atoms. The highest BCUT2D eigenvalue weighted by molar-refractivity contribution is 5.86. The van der Waals surface area contributed by atoms with Gasteiger partial charge in [-0.05, 0) is 25.0 Å². The number of aromatic nitrogens is 3. The Bertz CT molecular complexity index is 595. The number of benzene rings is 1. The number of nitrogens with one attached hydrogen (secondary N) is 1. The number of hydrogen-bond donors (Lipinski definition) is 2. The van der Waals surface area contributed by atoms with Crippen molar-refractivity contribution < 1.29 is 9.90 Å². The molecule has 6 nitrogen and oxygen atoms in total. The fraction of sp³-hybridized carbons (Fsp3) is 0.273. The van der Waals surface area contributed by atoms with Crippen LogP contribution in [0.1, 0.15) is 12.8 Å². The SMILES string of the molecule is O=C(O)C1(Nc2nnc3ccccc3n2)CC1. The van der Waals surface area contributed by atoms with Crippen LogP contribution >= 0.6 is 0 Å². The van der Waals surface area contributed by atoms with E-state index in [1.807, 2.05) is 24.3 Å². The zero-order valence-corrected chi connectivity index (χ0v) is 8.92. The lowest BCUT2D eigenvalue weighted by atomic mass is 10.3. The van der Waals surface area contributed by atoms with E-state index in [-0.39, 0.29) is 5.95 Å². The molecule has 0 amide bonds. The van der Waals surface area contributed by atoms with Gasteiger partial charge in [-0.25, -0.2) is 9.78 Å². The van der Waals surface area contributed by atoms with E-state index in [0.29, 0.717) is 23.9 Å². The Morgan fingerprint density at radius 2 is 1.94 bits per heavy atom. The number of hydrogen-bond acceptors (Lipinski definition) is 5. The molecule has 0 aliphatic heterocycles. The molecule has 86 valence electrons. The maximum atomic E-state index is 11.0. The van der Waals surface area contributed by atoms with Gasteiger partial charge in [0.2, 0.25) is 5.95 Å². The van der Waals surface area contributed by atoms with Crippen molar-refractivity contribution in [2.45, 2.75) is 18.4 Å². The predicted molar refractivity (Wildman–Crippen MR) is 60.6 cm³/mol. The number of para-hydroxylation sites is 1. The van der Waals surface area contributed by atoms with Crippen LogP contribution in [0.4, 0.5) is 5.95 Å². The molecule has 0 bridgehead atoms. The fourth-order valence-corrected chi connectivity index (χ4v) is 1.67. The fourth-order valence-electron chi connectivity index (χ4n) is 1.67. The van der Waals surface area contributed by atoms with Crippen LogP contribution in [0, 0.1) is 0 Å². The molecule has 0 radical (unpaired) electrons. The maximum Gasteiger partial charge on any atom is 0.329 e. The number of fused-ring (bicyclic) bond motifs is 1. The van der Waals surface area contributed by atoms with Gasteiger partial charge in [0, 0.05) is 0 Å². The summed E-state index contributed by atoms with van der Waals surface area (Å²) in [6.45, 7) is 0. The number of nitrogens with zero attached hydrogens (tertiary/aromatic N) is 3. The lowest BCUT2D eigenvalue weighted by Crippen LogP contribution is -2.32. The Balaban J connectivity index is 1.94. The second kappa shape index (κ2) is 3.38. The predicted octanol–water partition coefficient (Wildman–Crippen LogP) is 1.05. The molecule has 1 heterocycles. The molecule has 2 N–H and O–H groups in total. The van der Waals surface area contributed by atoms with E-state index in [2.05, 4.69) is 20.5 Å². The van der Waals surface area contributed by atoms with Gasteiger partial charge < -0.3 is 10.4 Å². The second-order valence-corrected chi connectivity index (χ2v) is 4.14. The average Bonchev–Trinajstić information content (AvgIpc) is 3.10. The van der Waals surface area contributed by atoms with Gasteiger partial charge in [0.1, 0.15) is 11.1 Å². The minimum atomic E-state index is -0.885. The highest BCUT2D eigenvalue weighted by atomic mass is 16.4. The third-order valence-corrected chi connectivity index (χ3v) is 2.87. The molecule has 1 fully saturated rings. The van der Waals surface area contributed by atoms with E-state index in [1.165, 1.54) is 0 Å². The molecule has 0 unspecified atom stereocenters. The maximum absolute atomic E-state index is 11.0. The molecule has 6 heteroatoms. The van der Waals surface area contributed by atoms with Crippen molar-refractivity contribution in [1.82, 2.24) is 15.2 Å². The molecule has 2 aromatic rings. The van der Waals surface area contributed by atoms with Gasteiger partial charge in [-0.3, -0.25) is 0 Å². The van der Waals surface area contributed by atoms with Gasteiger partial charge in [0.15, 0.2) is 0 Å². The summed E-state index contributed by atoms with van der Waals surface area (Å²) in [5, 5.41) is 19.7. The Morgan fingerprint density at radius 3 is 2.59 bits per heavy atom. The van der Waals surface area contributed by atoms with Crippen molar-refractivity contribution in [2.24, 2.45) is 0 Å². The number of rotatable bonds is 3. The van der Waals surface area contributed by atoms with E-state index < -0.39 is 11.5 Å². The highest BCUT2D eigenvalue weighted by Gasteiger charge is 2.51. The molecule has 1 aromatic heterocycles. The van der Waals surface area contributed by atoms with Crippen LogP contribution in [0.15, 0.2) is 24.3 Å². The Kier molecular flexibility index (Phi) is 1.98. The molecule has 3 rings (SSSR count). The third kappa shape index (κ3) is 1.67. The summed E-state index contributed by atoms with van der Waals surface area (Å²) in [5.74, 6) is -0.599. The highest BCUT2D eigenvalue weighted by Crippen LogP contribution is 2.38. The first-order valence-corrected chi connectivity index (χ1v) is 5.31. The number of carboxylic acids is 1. The number of aliphatic carboxylic acids is 1. The smallest absolute Gasteiger partial charge is 0.329 e. The van der Waals surface area contributed by atoms with E-state index in [1.54, 1.807) is 0 Å². The molecular formula is C11H10N4O2. The first-order chi connectivity index (χ1) is 8.20. The van der Waals surface area contributed by atoms with Crippen molar-refractivity contribution in [2.75, 3.05) is 5.32 Å². The van der Waals surface area contributed by atoms with Crippen molar-refractivity contribution in [3.8, 4) is 0 Å². The summed E-state index contributed by atoms with van der Waals surface area (Å²) in [7, 11) is 0. The van der Waals surface area contributed by atoms with Crippen LogP contribution in [0.2, 0.25) is 0 Å². The van der Waals surface area contributed by atoms with E-state index in [0.717, 1.165) is 0 Å². The van der Waals surface area contributed by atoms with Gasteiger partial charge in [-0.2, -0.15) is 0 Å². The molecule has 0 spiro atoms. The quantitative estimate of drug-likeness (QED) is 0.819. The Morgan fingerprint density at radius 1 is 1.24 bits per heavy atom. The standard InChI is InChI=1S/C11H10N4O2/c16-9(17)11(5-6-11)13-10-12-7-3-1-2-4-8(7)14-15-10/h1-4H,5-6H2,(H,16,17)(H,12,13,15). The summed E-state index contributed by atoms with van der Waals surface area (Å²) in [5.41, 5.74) is 0.508. The Labute approximate surface area is 96.7 Å². The molecule has 0 atom stereocenters. The molecule has 0 saturated heterocycles. The first-order valence-electron chi connectivity index (χ1n) is 5.31. The van der Waals surface area contributed by atoms with Crippen molar-refractivity contribution in [1.29, 1.82) is 0 Å². The summed E-state index contributed by atoms with van der Waals surface area (Å²) < 4.78 is 0. The van der Waals surface area contributed by atoms with Crippen LogP contribution in [-0.2, 0) is 4.79 Å².